The van der Waals surface area contributed by atoms with E-state index in [0.29, 0.717) is 47.5 Å². The summed E-state index contributed by atoms with van der Waals surface area (Å²) in [5.41, 5.74) is 1.06. The molecule has 0 spiro atoms. The van der Waals surface area contributed by atoms with Gasteiger partial charge < -0.3 is 23.7 Å². The second-order valence-corrected chi connectivity index (χ2v) is 9.99. The van der Waals surface area contributed by atoms with Crippen LogP contribution in [0.15, 0.2) is 51.7 Å². The summed E-state index contributed by atoms with van der Waals surface area (Å²) in [6.45, 7) is 6.33. The van der Waals surface area contributed by atoms with Crippen LogP contribution in [0.25, 0.3) is 22.3 Å². The summed E-state index contributed by atoms with van der Waals surface area (Å²) in [6, 6.07) is 12.8. The Labute approximate surface area is 193 Å². The molecular weight excluding hydrogens is 420 g/mol. The molecule has 1 aliphatic heterocycles. The molecule has 174 valence electrons. The number of hydrogen-bond acceptors (Lipinski definition) is 6. The molecule has 1 saturated carbocycles. The van der Waals surface area contributed by atoms with Crippen molar-refractivity contribution in [2.45, 2.75) is 51.7 Å². The molecule has 0 amide bonds. The third-order valence-electron chi connectivity index (χ3n) is 7.58. The van der Waals surface area contributed by atoms with Crippen molar-refractivity contribution in [3.8, 4) is 22.8 Å². The standard InChI is InChI=1S/C27H30O6/c1-26(2)22-12-17-20(31-15-30-4)14-21-24(25(17)33-27(22,3)11-10-23(26)29)18(28)13-19(32-21)16-8-6-5-7-9-16/h5-9,13-14,22-23,29H,10-12,15H2,1-4H3. The average molecular weight is 451 g/mol. The molecule has 6 heteroatoms. The van der Waals surface area contributed by atoms with E-state index in [0.717, 1.165) is 11.1 Å². The summed E-state index contributed by atoms with van der Waals surface area (Å²) in [5, 5.41) is 11.2. The minimum Gasteiger partial charge on any atom is -0.486 e. The van der Waals surface area contributed by atoms with Crippen LogP contribution in [0.4, 0.5) is 0 Å². The maximum absolute atomic E-state index is 13.4. The van der Waals surface area contributed by atoms with Crippen molar-refractivity contribution >= 4 is 11.0 Å². The number of methoxy groups -OCH3 is 1. The monoisotopic (exact) mass is 450 g/mol. The van der Waals surface area contributed by atoms with Crippen LogP contribution in [0, 0.1) is 11.3 Å². The van der Waals surface area contributed by atoms with E-state index in [4.69, 9.17) is 18.6 Å². The summed E-state index contributed by atoms with van der Waals surface area (Å²) in [7, 11) is 1.56. The van der Waals surface area contributed by atoms with Crippen LogP contribution in [0.1, 0.15) is 39.2 Å². The van der Waals surface area contributed by atoms with Crippen molar-refractivity contribution in [1.29, 1.82) is 0 Å². The van der Waals surface area contributed by atoms with Crippen LogP contribution in [0.5, 0.6) is 11.5 Å². The van der Waals surface area contributed by atoms with Crippen molar-refractivity contribution in [2.75, 3.05) is 13.9 Å². The number of hydrogen-bond donors (Lipinski definition) is 1. The Bertz CT molecular complexity index is 1240. The van der Waals surface area contributed by atoms with Crippen molar-refractivity contribution in [2.24, 2.45) is 11.3 Å². The Morgan fingerprint density at radius 2 is 1.91 bits per heavy atom. The van der Waals surface area contributed by atoms with E-state index in [9.17, 15) is 9.90 Å². The van der Waals surface area contributed by atoms with Gasteiger partial charge in [-0.05, 0) is 31.6 Å². The highest BCUT2D eigenvalue weighted by atomic mass is 16.7. The Morgan fingerprint density at radius 1 is 1.15 bits per heavy atom. The van der Waals surface area contributed by atoms with Crippen LogP contribution in [0.3, 0.4) is 0 Å². The summed E-state index contributed by atoms with van der Waals surface area (Å²) < 4.78 is 24.0. The molecule has 2 aromatic carbocycles. The predicted molar refractivity (Wildman–Crippen MR) is 126 cm³/mol. The first-order valence-corrected chi connectivity index (χ1v) is 11.4. The Kier molecular flexibility index (Phi) is 5.26. The van der Waals surface area contributed by atoms with Gasteiger partial charge in [0.2, 0.25) is 0 Å². The van der Waals surface area contributed by atoms with Gasteiger partial charge in [-0.3, -0.25) is 4.79 Å². The molecule has 5 rings (SSSR count). The minimum atomic E-state index is -0.507. The highest BCUT2D eigenvalue weighted by Gasteiger charge is 2.55. The van der Waals surface area contributed by atoms with Crippen LogP contribution >= 0.6 is 0 Å². The van der Waals surface area contributed by atoms with E-state index in [-0.39, 0.29) is 23.6 Å². The van der Waals surface area contributed by atoms with E-state index in [1.807, 2.05) is 30.3 Å². The topological polar surface area (TPSA) is 78.1 Å². The average Bonchev–Trinajstić information content (AvgIpc) is 2.79. The lowest BCUT2D eigenvalue weighted by molar-refractivity contribution is -0.137. The number of ether oxygens (including phenoxy) is 3. The first kappa shape index (κ1) is 22.0. The molecule has 3 unspecified atom stereocenters. The molecule has 3 aromatic rings. The second kappa shape index (κ2) is 7.89. The molecule has 2 aliphatic rings. The van der Waals surface area contributed by atoms with Gasteiger partial charge in [0, 0.05) is 36.3 Å². The summed E-state index contributed by atoms with van der Waals surface area (Å²) >= 11 is 0. The molecule has 6 nitrogen and oxygen atoms in total. The first-order valence-electron chi connectivity index (χ1n) is 11.4. The lowest BCUT2D eigenvalue weighted by atomic mass is 9.57. The molecule has 3 atom stereocenters. The Hall–Kier alpha value is -2.83. The smallest absolute Gasteiger partial charge is 0.197 e. The van der Waals surface area contributed by atoms with E-state index >= 15 is 0 Å². The largest absolute Gasteiger partial charge is 0.486 e. The number of benzene rings is 2. The lowest BCUT2D eigenvalue weighted by Crippen LogP contribution is -2.58. The third kappa shape index (κ3) is 3.52. The Morgan fingerprint density at radius 3 is 2.64 bits per heavy atom. The van der Waals surface area contributed by atoms with Gasteiger partial charge in [0.05, 0.1) is 6.10 Å². The maximum atomic E-state index is 13.4. The molecule has 2 heterocycles. The van der Waals surface area contributed by atoms with Gasteiger partial charge in [0.25, 0.3) is 0 Å². The Balaban J connectivity index is 1.72. The fraction of sp³-hybridized carbons (Fsp3) is 0.444. The predicted octanol–water partition coefficient (Wildman–Crippen LogP) is 4.93. The highest BCUT2D eigenvalue weighted by molar-refractivity contribution is 5.89. The van der Waals surface area contributed by atoms with Crippen molar-refractivity contribution in [3.63, 3.8) is 0 Å². The minimum absolute atomic E-state index is 0.0548. The highest BCUT2D eigenvalue weighted by Crippen LogP contribution is 2.55. The summed E-state index contributed by atoms with van der Waals surface area (Å²) in [4.78, 5) is 13.4. The second-order valence-electron chi connectivity index (χ2n) is 9.99. The maximum Gasteiger partial charge on any atom is 0.197 e. The first-order chi connectivity index (χ1) is 15.7. The number of aliphatic hydroxyl groups is 1. The van der Waals surface area contributed by atoms with Crippen molar-refractivity contribution in [1.82, 2.24) is 0 Å². The molecule has 1 N–H and O–H groups in total. The molecule has 1 aromatic heterocycles. The zero-order valence-electron chi connectivity index (χ0n) is 19.5. The van der Waals surface area contributed by atoms with Crippen LogP contribution in [0.2, 0.25) is 0 Å². The van der Waals surface area contributed by atoms with E-state index < -0.39 is 11.7 Å². The fourth-order valence-corrected chi connectivity index (χ4v) is 5.63. The number of fused-ring (bicyclic) bond motifs is 4. The SMILES string of the molecule is COCOc1cc2oc(-c3ccccc3)cc(=O)c2c2c1CC1C(C)(CCC(O)C1(C)C)O2. The van der Waals surface area contributed by atoms with E-state index in [1.165, 1.54) is 6.07 Å². The van der Waals surface area contributed by atoms with Gasteiger partial charge >= 0.3 is 0 Å². The van der Waals surface area contributed by atoms with Crippen LogP contribution in [-0.2, 0) is 11.2 Å². The summed E-state index contributed by atoms with van der Waals surface area (Å²) in [6.07, 6.45) is 1.58. The quantitative estimate of drug-likeness (QED) is 0.568. The normalized spacial score (nSPS) is 25.7. The van der Waals surface area contributed by atoms with Gasteiger partial charge in [-0.2, -0.15) is 0 Å². The van der Waals surface area contributed by atoms with E-state index in [1.54, 1.807) is 13.2 Å². The van der Waals surface area contributed by atoms with Crippen molar-refractivity contribution in [3.05, 3.63) is 58.3 Å². The van der Waals surface area contributed by atoms with Crippen molar-refractivity contribution < 1.29 is 23.7 Å². The zero-order chi connectivity index (χ0) is 23.4. The van der Waals surface area contributed by atoms with E-state index in [2.05, 4.69) is 20.8 Å². The molecule has 0 saturated heterocycles. The molecule has 1 aliphatic carbocycles. The van der Waals surface area contributed by atoms with Gasteiger partial charge in [-0.15, -0.1) is 0 Å². The van der Waals surface area contributed by atoms with Gasteiger partial charge in [-0.1, -0.05) is 44.2 Å². The van der Waals surface area contributed by atoms with Gasteiger partial charge in [-0.25, -0.2) is 0 Å². The van der Waals surface area contributed by atoms with Crippen LogP contribution in [-0.4, -0.2) is 30.7 Å². The van der Waals surface area contributed by atoms with Gasteiger partial charge in [0.1, 0.15) is 33.8 Å². The molecular formula is C27H30O6. The zero-order valence-corrected chi connectivity index (χ0v) is 19.5. The molecule has 33 heavy (non-hydrogen) atoms. The molecule has 1 fully saturated rings. The lowest BCUT2D eigenvalue weighted by Gasteiger charge is -2.55. The number of rotatable bonds is 4. The number of aliphatic hydroxyl groups excluding tert-OH is 1. The van der Waals surface area contributed by atoms with Crippen LogP contribution < -0.4 is 14.9 Å². The fourth-order valence-electron chi connectivity index (χ4n) is 5.63. The third-order valence-corrected chi connectivity index (χ3v) is 7.58. The molecule has 0 radical (unpaired) electrons. The van der Waals surface area contributed by atoms with Gasteiger partial charge in [0.15, 0.2) is 12.2 Å². The molecule has 0 bridgehead atoms. The summed E-state index contributed by atoms with van der Waals surface area (Å²) in [5.74, 6) is 1.65.